The standard InChI is InChI=1S/C7H10N.ClH/c1-7-5-3-4-6-8(7)2;/h3-6H,1-2H3;1H/q+1;/p-1. The van der Waals surface area contributed by atoms with Gasteiger partial charge in [0.15, 0.2) is 11.9 Å². The van der Waals surface area contributed by atoms with Crippen molar-refractivity contribution in [1.29, 1.82) is 0 Å². The Hall–Kier alpha value is -0.560. The molecule has 1 rings (SSSR count). The fourth-order valence-electron chi connectivity index (χ4n) is 0.609. The van der Waals surface area contributed by atoms with E-state index < -0.39 is 0 Å². The summed E-state index contributed by atoms with van der Waals surface area (Å²) in [6, 6.07) is 6.14. The first-order valence-corrected chi connectivity index (χ1v) is 2.72. The van der Waals surface area contributed by atoms with Crippen LogP contribution >= 0.6 is 0 Å². The number of hydrogen-bond acceptors (Lipinski definition) is 0. The van der Waals surface area contributed by atoms with Gasteiger partial charge in [-0.3, -0.25) is 0 Å². The number of halogens is 1. The summed E-state index contributed by atoms with van der Waals surface area (Å²) >= 11 is 0. The van der Waals surface area contributed by atoms with E-state index in [1.165, 1.54) is 5.69 Å². The van der Waals surface area contributed by atoms with Crippen molar-refractivity contribution in [2.75, 3.05) is 0 Å². The maximum Gasteiger partial charge on any atom is 0.177 e. The van der Waals surface area contributed by atoms with E-state index in [1.807, 2.05) is 25.4 Å². The number of aromatic nitrogens is 1. The summed E-state index contributed by atoms with van der Waals surface area (Å²) in [5, 5.41) is 0. The van der Waals surface area contributed by atoms with Gasteiger partial charge in [-0.05, 0) is 0 Å². The fourth-order valence-corrected chi connectivity index (χ4v) is 0.609. The monoisotopic (exact) mass is 143 g/mol. The van der Waals surface area contributed by atoms with Crippen molar-refractivity contribution in [3.05, 3.63) is 30.1 Å². The lowest BCUT2D eigenvalue weighted by atomic mass is 10.4. The highest BCUT2D eigenvalue weighted by Crippen LogP contribution is 1.83. The number of pyridine rings is 1. The molecule has 0 N–H and O–H groups in total. The second kappa shape index (κ2) is 3.46. The molecule has 9 heavy (non-hydrogen) atoms. The fraction of sp³-hybridized carbons (Fsp3) is 0.286. The van der Waals surface area contributed by atoms with Crippen LogP contribution < -0.4 is 17.0 Å². The largest absolute Gasteiger partial charge is 1.00 e. The van der Waals surface area contributed by atoms with Crippen molar-refractivity contribution in [1.82, 2.24) is 0 Å². The molecule has 0 aliphatic rings. The van der Waals surface area contributed by atoms with Crippen LogP contribution in [0, 0.1) is 6.92 Å². The maximum atomic E-state index is 2.08. The summed E-state index contributed by atoms with van der Waals surface area (Å²) in [5.41, 5.74) is 1.28. The minimum atomic E-state index is 0. The molecule has 1 aromatic rings. The molecule has 0 unspecified atom stereocenters. The Morgan fingerprint density at radius 3 is 2.33 bits per heavy atom. The summed E-state index contributed by atoms with van der Waals surface area (Å²) in [4.78, 5) is 0. The summed E-state index contributed by atoms with van der Waals surface area (Å²) in [6.07, 6.45) is 2.04. The van der Waals surface area contributed by atoms with Gasteiger partial charge in [-0.15, -0.1) is 0 Å². The lowest BCUT2D eigenvalue weighted by Crippen LogP contribution is -3.00. The highest BCUT2D eigenvalue weighted by Gasteiger charge is 1.91. The number of hydrogen-bond donors (Lipinski definition) is 0. The second-order valence-electron chi connectivity index (χ2n) is 1.95. The normalized spacial score (nSPS) is 8.22. The molecule has 1 heterocycles. The van der Waals surface area contributed by atoms with E-state index in [-0.39, 0.29) is 12.4 Å². The molecule has 2 heteroatoms. The first kappa shape index (κ1) is 8.44. The Kier molecular flexibility index (Phi) is 3.25. The van der Waals surface area contributed by atoms with Crippen molar-refractivity contribution < 1.29 is 17.0 Å². The van der Waals surface area contributed by atoms with Crippen molar-refractivity contribution in [2.45, 2.75) is 6.92 Å². The molecule has 50 valence electrons. The third-order valence-electron chi connectivity index (χ3n) is 1.31. The average Bonchev–Trinajstić information content (AvgIpc) is 1.77. The second-order valence-corrected chi connectivity index (χ2v) is 1.95. The lowest BCUT2D eigenvalue weighted by molar-refractivity contribution is -0.677. The summed E-state index contributed by atoms with van der Waals surface area (Å²) in [5.74, 6) is 0. The molecule has 0 radical (unpaired) electrons. The van der Waals surface area contributed by atoms with Crippen molar-refractivity contribution >= 4 is 0 Å². The van der Waals surface area contributed by atoms with Crippen LogP contribution in [0.2, 0.25) is 0 Å². The van der Waals surface area contributed by atoms with E-state index in [0.29, 0.717) is 0 Å². The predicted molar refractivity (Wildman–Crippen MR) is 32.4 cm³/mol. The van der Waals surface area contributed by atoms with E-state index in [9.17, 15) is 0 Å². The van der Waals surface area contributed by atoms with Crippen molar-refractivity contribution in [2.24, 2.45) is 7.05 Å². The minimum Gasteiger partial charge on any atom is -1.00 e. The highest BCUT2D eigenvalue weighted by molar-refractivity contribution is 4.93. The molecule has 0 spiro atoms. The molecule has 0 aromatic carbocycles. The molecule has 0 aliphatic carbocycles. The van der Waals surface area contributed by atoms with Crippen LogP contribution in [0.3, 0.4) is 0 Å². The van der Waals surface area contributed by atoms with Gasteiger partial charge in [0.25, 0.3) is 0 Å². The van der Waals surface area contributed by atoms with Crippen molar-refractivity contribution in [3.63, 3.8) is 0 Å². The molecule has 0 aliphatic heterocycles. The Morgan fingerprint density at radius 2 is 2.00 bits per heavy atom. The Morgan fingerprint density at radius 1 is 1.33 bits per heavy atom. The van der Waals surface area contributed by atoms with E-state index in [4.69, 9.17) is 0 Å². The Bertz CT molecular complexity index is 165. The van der Waals surface area contributed by atoms with E-state index in [0.717, 1.165) is 0 Å². The Balaban J connectivity index is 0.000000640. The van der Waals surface area contributed by atoms with Crippen LogP contribution in [0.4, 0.5) is 0 Å². The molecule has 0 bridgehead atoms. The highest BCUT2D eigenvalue weighted by atomic mass is 35.5. The first-order valence-electron chi connectivity index (χ1n) is 2.72. The zero-order valence-electron chi connectivity index (χ0n) is 5.63. The smallest absolute Gasteiger partial charge is 0.177 e. The van der Waals surface area contributed by atoms with Crippen LogP contribution in [0.5, 0.6) is 0 Å². The van der Waals surface area contributed by atoms with E-state index in [2.05, 4.69) is 17.6 Å². The SMILES string of the molecule is Cc1cccc[n+]1C.[Cl-]. The van der Waals surface area contributed by atoms with Crippen LogP contribution in [-0.2, 0) is 7.05 Å². The van der Waals surface area contributed by atoms with Gasteiger partial charge in [-0.2, -0.15) is 0 Å². The van der Waals surface area contributed by atoms with Crippen LogP contribution in [-0.4, -0.2) is 0 Å². The molecular formula is C7H10ClN. The molecule has 1 aromatic heterocycles. The average molecular weight is 144 g/mol. The van der Waals surface area contributed by atoms with E-state index in [1.54, 1.807) is 0 Å². The number of aryl methyl sites for hydroxylation is 2. The van der Waals surface area contributed by atoms with Gasteiger partial charge in [-0.1, -0.05) is 6.07 Å². The van der Waals surface area contributed by atoms with E-state index >= 15 is 0 Å². The summed E-state index contributed by atoms with van der Waals surface area (Å²) < 4.78 is 2.08. The zero-order chi connectivity index (χ0) is 5.98. The van der Waals surface area contributed by atoms with Gasteiger partial charge in [0.05, 0.1) is 0 Å². The zero-order valence-corrected chi connectivity index (χ0v) is 6.39. The van der Waals surface area contributed by atoms with Gasteiger partial charge in [0.1, 0.15) is 7.05 Å². The first-order chi connectivity index (χ1) is 3.80. The van der Waals surface area contributed by atoms with Gasteiger partial charge >= 0.3 is 0 Å². The third-order valence-corrected chi connectivity index (χ3v) is 1.31. The minimum absolute atomic E-state index is 0. The van der Waals surface area contributed by atoms with Gasteiger partial charge in [0, 0.05) is 19.1 Å². The van der Waals surface area contributed by atoms with Gasteiger partial charge in [0.2, 0.25) is 0 Å². The third kappa shape index (κ3) is 2.02. The number of rotatable bonds is 0. The lowest BCUT2D eigenvalue weighted by Gasteiger charge is -1.87. The molecule has 0 atom stereocenters. The maximum absolute atomic E-state index is 2.08. The topological polar surface area (TPSA) is 3.88 Å². The predicted octanol–water partition coefficient (Wildman–Crippen LogP) is -2.18. The van der Waals surface area contributed by atoms with Crippen LogP contribution in [0.25, 0.3) is 0 Å². The van der Waals surface area contributed by atoms with Gasteiger partial charge < -0.3 is 12.4 Å². The molecular weight excluding hydrogens is 134 g/mol. The number of nitrogens with zero attached hydrogens (tertiary/aromatic N) is 1. The molecule has 0 amide bonds. The molecule has 1 nitrogen and oxygen atoms in total. The summed E-state index contributed by atoms with van der Waals surface area (Å²) in [6.45, 7) is 2.08. The van der Waals surface area contributed by atoms with Crippen LogP contribution in [0.15, 0.2) is 24.4 Å². The summed E-state index contributed by atoms with van der Waals surface area (Å²) in [7, 11) is 2.04. The Labute approximate surface area is 61.7 Å². The van der Waals surface area contributed by atoms with Gasteiger partial charge in [-0.25, -0.2) is 4.57 Å². The van der Waals surface area contributed by atoms with Crippen LogP contribution in [0.1, 0.15) is 5.69 Å². The molecule has 0 saturated heterocycles. The molecule has 0 fully saturated rings. The van der Waals surface area contributed by atoms with Crippen molar-refractivity contribution in [3.8, 4) is 0 Å². The quantitative estimate of drug-likeness (QED) is 0.364. The molecule has 0 saturated carbocycles.